The average molecular weight is 370 g/mol. The molecule has 1 N–H and O–H groups in total. The molecule has 2 aromatic rings. The number of fused-ring (bicyclic) bond motifs is 1. The number of hydrogen-bond acceptors (Lipinski definition) is 5. The molecule has 0 bridgehead atoms. The average Bonchev–Trinajstić information content (AvgIpc) is 3.10. The first-order chi connectivity index (χ1) is 13.2. The number of benzene rings is 2. The molecular formula is C21H26N2O4. The monoisotopic (exact) mass is 370 g/mol. The van der Waals surface area contributed by atoms with Gasteiger partial charge < -0.3 is 19.5 Å². The summed E-state index contributed by atoms with van der Waals surface area (Å²) in [7, 11) is 3.51. The van der Waals surface area contributed by atoms with Crippen LogP contribution in [0.25, 0.3) is 0 Å². The Balaban J connectivity index is 1.33. The lowest BCUT2D eigenvalue weighted by Gasteiger charge is -2.18. The molecule has 0 fully saturated rings. The van der Waals surface area contributed by atoms with Crippen molar-refractivity contribution in [2.24, 2.45) is 0 Å². The van der Waals surface area contributed by atoms with Gasteiger partial charge >= 0.3 is 0 Å². The molecule has 1 amide bonds. The summed E-state index contributed by atoms with van der Waals surface area (Å²) in [4.78, 5) is 14.1. The molecule has 0 aromatic heterocycles. The highest BCUT2D eigenvalue weighted by atomic mass is 16.5. The van der Waals surface area contributed by atoms with Crippen molar-refractivity contribution >= 4 is 5.91 Å². The summed E-state index contributed by atoms with van der Waals surface area (Å²) >= 11 is 0. The quantitative estimate of drug-likeness (QED) is 0.733. The number of nitrogens with one attached hydrogen (secondary N) is 1. The number of amides is 1. The fraction of sp³-hybridized carbons (Fsp3) is 0.381. The lowest BCUT2D eigenvalue weighted by molar-refractivity contribution is -0.122. The zero-order valence-corrected chi connectivity index (χ0v) is 15.8. The molecule has 3 rings (SSSR count). The second-order valence-corrected chi connectivity index (χ2v) is 6.59. The van der Waals surface area contributed by atoms with Gasteiger partial charge in [0.25, 0.3) is 0 Å². The zero-order chi connectivity index (χ0) is 19.1. The van der Waals surface area contributed by atoms with Gasteiger partial charge in [0.1, 0.15) is 18.5 Å². The summed E-state index contributed by atoms with van der Waals surface area (Å²) in [6.45, 7) is 1.94. The molecule has 27 heavy (non-hydrogen) atoms. The van der Waals surface area contributed by atoms with Gasteiger partial charge in [-0.25, -0.2) is 0 Å². The van der Waals surface area contributed by atoms with Crippen LogP contribution in [0, 0.1) is 0 Å². The van der Waals surface area contributed by atoms with Crippen molar-refractivity contribution in [3.05, 3.63) is 54.1 Å². The van der Waals surface area contributed by atoms with Gasteiger partial charge in [0, 0.05) is 13.0 Å². The topological polar surface area (TPSA) is 60.0 Å². The first kappa shape index (κ1) is 19.0. The van der Waals surface area contributed by atoms with Crippen molar-refractivity contribution in [1.29, 1.82) is 0 Å². The number of carbonyl (C=O) groups excluding carboxylic acids is 1. The smallest absolute Gasteiger partial charge is 0.234 e. The predicted octanol–water partition coefficient (Wildman–Crippen LogP) is 2.13. The van der Waals surface area contributed by atoms with Crippen LogP contribution in [0.2, 0.25) is 0 Å². The molecule has 1 heterocycles. The number of hydrogen-bond donors (Lipinski definition) is 1. The highest BCUT2D eigenvalue weighted by molar-refractivity contribution is 5.78. The van der Waals surface area contributed by atoms with Crippen molar-refractivity contribution < 1.29 is 19.0 Å². The maximum Gasteiger partial charge on any atom is 0.234 e. The van der Waals surface area contributed by atoms with Crippen LogP contribution in [0.15, 0.2) is 48.5 Å². The van der Waals surface area contributed by atoms with Gasteiger partial charge in [-0.05, 0) is 30.8 Å². The van der Waals surface area contributed by atoms with E-state index in [1.54, 1.807) is 7.11 Å². The Morgan fingerprint density at radius 3 is 2.70 bits per heavy atom. The van der Waals surface area contributed by atoms with Crippen LogP contribution in [0.4, 0.5) is 0 Å². The van der Waals surface area contributed by atoms with E-state index in [-0.39, 0.29) is 12.0 Å². The molecule has 1 atom stereocenters. The SMILES string of the molecule is COc1ccccc1OCCN(C)CC(=O)NCC1Cc2ccccc2O1. The largest absolute Gasteiger partial charge is 0.493 e. The Labute approximate surface area is 160 Å². The molecule has 0 spiro atoms. The third-order valence-corrected chi connectivity index (χ3v) is 4.45. The van der Waals surface area contributed by atoms with E-state index in [1.807, 2.05) is 54.4 Å². The molecular weight excluding hydrogens is 344 g/mol. The fourth-order valence-electron chi connectivity index (χ4n) is 3.03. The minimum absolute atomic E-state index is 0.00512. The minimum atomic E-state index is -0.0191. The maximum absolute atomic E-state index is 12.1. The molecule has 0 aliphatic carbocycles. The molecule has 0 saturated heterocycles. The van der Waals surface area contributed by atoms with Crippen molar-refractivity contribution in [3.8, 4) is 17.2 Å². The molecule has 0 radical (unpaired) electrons. The standard InChI is InChI=1S/C21H26N2O4/c1-23(11-12-26-20-10-6-5-9-19(20)25-2)15-21(24)22-14-17-13-16-7-3-4-8-18(16)27-17/h3-10,17H,11-15H2,1-2H3,(H,22,24). The van der Waals surface area contributed by atoms with Crippen molar-refractivity contribution in [2.45, 2.75) is 12.5 Å². The summed E-state index contributed by atoms with van der Waals surface area (Å²) in [5, 5.41) is 2.95. The van der Waals surface area contributed by atoms with Crippen LogP contribution in [-0.4, -0.2) is 57.3 Å². The summed E-state index contributed by atoms with van der Waals surface area (Å²) in [5.74, 6) is 2.31. The Hall–Kier alpha value is -2.73. The summed E-state index contributed by atoms with van der Waals surface area (Å²) < 4.78 is 16.8. The van der Waals surface area contributed by atoms with Crippen LogP contribution < -0.4 is 19.5 Å². The van der Waals surface area contributed by atoms with Crippen molar-refractivity contribution in [3.63, 3.8) is 0 Å². The van der Waals surface area contributed by atoms with Crippen LogP contribution in [0.3, 0.4) is 0 Å². The van der Waals surface area contributed by atoms with E-state index in [9.17, 15) is 4.79 Å². The first-order valence-corrected chi connectivity index (χ1v) is 9.11. The lowest BCUT2D eigenvalue weighted by atomic mass is 10.1. The Bertz CT molecular complexity index is 740. The number of likely N-dealkylation sites (N-methyl/N-ethyl adjacent to an activating group) is 1. The van der Waals surface area contributed by atoms with E-state index in [0.29, 0.717) is 37.7 Å². The van der Waals surface area contributed by atoms with Gasteiger partial charge in [0.15, 0.2) is 11.5 Å². The Morgan fingerprint density at radius 2 is 1.93 bits per heavy atom. The van der Waals surface area contributed by atoms with E-state index in [2.05, 4.69) is 11.4 Å². The zero-order valence-electron chi connectivity index (χ0n) is 15.8. The van der Waals surface area contributed by atoms with Gasteiger partial charge in [0.2, 0.25) is 5.91 Å². The number of methoxy groups -OCH3 is 1. The van der Waals surface area contributed by atoms with Crippen LogP contribution in [-0.2, 0) is 11.2 Å². The summed E-state index contributed by atoms with van der Waals surface area (Å²) in [5.41, 5.74) is 1.20. The van der Waals surface area contributed by atoms with Crippen LogP contribution in [0.5, 0.6) is 17.2 Å². The second kappa shape index (κ2) is 9.28. The summed E-state index contributed by atoms with van der Waals surface area (Å²) in [6, 6.07) is 15.5. The number of para-hydroxylation sites is 3. The highest BCUT2D eigenvalue weighted by Crippen LogP contribution is 2.27. The molecule has 6 nitrogen and oxygen atoms in total. The predicted molar refractivity (Wildman–Crippen MR) is 104 cm³/mol. The lowest BCUT2D eigenvalue weighted by Crippen LogP contribution is -2.41. The van der Waals surface area contributed by atoms with Gasteiger partial charge in [-0.2, -0.15) is 0 Å². The number of ether oxygens (including phenoxy) is 3. The van der Waals surface area contributed by atoms with Crippen LogP contribution >= 0.6 is 0 Å². The minimum Gasteiger partial charge on any atom is -0.493 e. The van der Waals surface area contributed by atoms with Gasteiger partial charge in [-0.15, -0.1) is 0 Å². The molecule has 1 aliphatic heterocycles. The third kappa shape index (κ3) is 5.37. The number of nitrogens with zero attached hydrogens (tertiary/aromatic N) is 1. The normalized spacial score (nSPS) is 15.1. The van der Waals surface area contributed by atoms with Crippen LogP contribution in [0.1, 0.15) is 5.56 Å². The van der Waals surface area contributed by atoms with Crippen molar-refractivity contribution in [2.75, 3.05) is 40.4 Å². The third-order valence-electron chi connectivity index (χ3n) is 4.45. The van der Waals surface area contributed by atoms with E-state index in [4.69, 9.17) is 14.2 Å². The second-order valence-electron chi connectivity index (χ2n) is 6.59. The van der Waals surface area contributed by atoms with Crippen molar-refractivity contribution in [1.82, 2.24) is 10.2 Å². The van der Waals surface area contributed by atoms with E-state index < -0.39 is 0 Å². The maximum atomic E-state index is 12.1. The molecule has 2 aromatic carbocycles. The Kier molecular flexibility index (Phi) is 6.54. The molecule has 1 aliphatic rings. The van der Waals surface area contributed by atoms with Gasteiger partial charge in [0.05, 0.1) is 20.2 Å². The Morgan fingerprint density at radius 1 is 1.19 bits per heavy atom. The van der Waals surface area contributed by atoms with E-state index in [1.165, 1.54) is 5.56 Å². The molecule has 144 valence electrons. The van der Waals surface area contributed by atoms with E-state index in [0.717, 1.165) is 12.2 Å². The molecule has 0 saturated carbocycles. The number of rotatable bonds is 9. The highest BCUT2D eigenvalue weighted by Gasteiger charge is 2.22. The summed E-state index contributed by atoms with van der Waals surface area (Å²) in [6.07, 6.45) is 0.838. The molecule has 1 unspecified atom stereocenters. The molecule has 6 heteroatoms. The first-order valence-electron chi connectivity index (χ1n) is 9.11. The number of carbonyl (C=O) groups is 1. The van der Waals surface area contributed by atoms with Gasteiger partial charge in [-0.3, -0.25) is 9.69 Å². The fourth-order valence-corrected chi connectivity index (χ4v) is 3.03. The van der Waals surface area contributed by atoms with E-state index >= 15 is 0 Å². The van der Waals surface area contributed by atoms with Gasteiger partial charge in [-0.1, -0.05) is 30.3 Å².